The summed E-state index contributed by atoms with van der Waals surface area (Å²) in [7, 11) is 0. The number of ether oxygens (including phenoxy) is 1. The molecule has 3 aliphatic carbocycles. The van der Waals surface area contributed by atoms with Crippen molar-refractivity contribution >= 4 is 10.8 Å². The lowest BCUT2D eigenvalue weighted by Crippen LogP contribution is -2.68. The molecule has 2 saturated heterocycles. The Morgan fingerprint density at radius 1 is 1.10 bits per heavy atom. The second-order valence-corrected chi connectivity index (χ2v) is 13.3. The van der Waals surface area contributed by atoms with Crippen molar-refractivity contribution in [2.24, 2.45) is 17.1 Å². The topological polar surface area (TPSA) is 132 Å². The normalized spacial score (nSPS) is 47.2. The molecule has 0 radical (unpaired) electrons. The molecular weight excluding hydrogens is 494 g/mol. The summed E-state index contributed by atoms with van der Waals surface area (Å²) in [4.78, 5) is 6.43. The maximum Gasteiger partial charge on any atom is 0.121 e. The molecule has 0 amide bonds. The number of nitrogens with two attached hydrogens (primary N) is 1. The van der Waals surface area contributed by atoms with E-state index in [1.165, 1.54) is 0 Å². The third-order valence-corrected chi connectivity index (χ3v) is 11.6. The Balaban J connectivity index is 1.21. The van der Waals surface area contributed by atoms with Gasteiger partial charge in [-0.25, -0.2) is 0 Å². The number of aromatic nitrogens is 1. The number of pyridine rings is 1. The van der Waals surface area contributed by atoms with Crippen LogP contribution in [-0.4, -0.2) is 85.0 Å². The van der Waals surface area contributed by atoms with E-state index >= 15 is 0 Å². The fourth-order valence-electron chi connectivity index (χ4n) is 9.45. The van der Waals surface area contributed by atoms with Crippen molar-refractivity contribution in [1.82, 2.24) is 9.88 Å². The highest BCUT2D eigenvalue weighted by Crippen LogP contribution is 2.70. The summed E-state index contributed by atoms with van der Waals surface area (Å²) in [6.07, 6.45) is 8.01. The quantitative estimate of drug-likeness (QED) is 0.394. The van der Waals surface area contributed by atoms with E-state index in [4.69, 9.17) is 10.5 Å². The molecule has 1 aromatic heterocycles. The molecule has 2 aromatic rings. The van der Waals surface area contributed by atoms with Gasteiger partial charge in [-0.05, 0) is 66.3 Å². The van der Waals surface area contributed by atoms with Crippen LogP contribution in [0.1, 0.15) is 44.6 Å². The summed E-state index contributed by atoms with van der Waals surface area (Å²) in [5.74, 6) is -0.119. The molecule has 4 fully saturated rings. The van der Waals surface area contributed by atoms with Gasteiger partial charge < -0.3 is 30.9 Å². The number of likely N-dealkylation sites (tertiary alicyclic amines) is 1. The van der Waals surface area contributed by atoms with E-state index < -0.39 is 40.5 Å². The highest BCUT2D eigenvalue weighted by atomic mass is 16.5. The van der Waals surface area contributed by atoms with E-state index in [-0.39, 0.29) is 18.0 Å². The second-order valence-electron chi connectivity index (χ2n) is 13.3. The Hall–Kier alpha value is -2.17. The first kappa shape index (κ1) is 24.6. The van der Waals surface area contributed by atoms with Crippen molar-refractivity contribution < 1.29 is 25.2 Å². The van der Waals surface area contributed by atoms with Crippen molar-refractivity contribution in [2.45, 2.75) is 86.2 Å². The van der Waals surface area contributed by atoms with E-state index in [0.29, 0.717) is 37.9 Å². The number of allylic oxidation sites excluding steroid dienone is 1. The molecule has 6 N–H and O–H groups in total. The van der Waals surface area contributed by atoms with Crippen molar-refractivity contribution in [2.75, 3.05) is 13.1 Å². The SMILES string of the molecule is C[C@]12CC=C3C=C4C(O)[C@@H](O)[C@@H](N5CC(N)C5)C[C@]45CCC3(O5)[C@@H]1C[C@@H](O)[C@]2(O)c1ccc2ccncc2c1. The minimum atomic E-state index is -1.46. The lowest BCUT2D eigenvalue weighted by atomic mass is 9.56. The summed E-state index contributed by atoms with van der Waals surface area (Å²) in [6.45, 7) is 3.52. The number of fused-ring (bicyclic) bond motifs is 2. The predicted octanol–water partition coefficient (Wildman–Crippen LogP) is 1.50. The number of benzene rings is 1. The molecule has 8 heteroatoms. The van der Waals surface area contributed by atoms with Gasteiger partial charge in [-0.3, -0.25) is 9.88 Å². The third kappa shape index (κ3) is 2.90. The first-order chi connectivity index (χ1) is 18.6. The molecule has 2 spiro atoms. The van der Waals surface area contributed by atoms with Crippen molar-refractivity contribution in [1.29, 1.82) is 0 Å². The van der Waals surface area contributed by atoms with Crippen LogP contribution in [-0.2, 0) is 10.3 Å². The summed E-state index contributed by atoms with van der Waals surface area (Å²) in [6, 6.07) is 7.72. The minimum Gasteiger partial charge on any atom is -0.390 e. The van der Waals surface area contributed by atoms with Gasteiger partial charge in [0.1, 0.15) is 11.7 Å². The van der Waals surface area contributed by atoms with Crippen LogP contribution >= 0.6 is 0 Å². The fourth-order valence-corrected chi connectivity index (χ4v) is 9.45. The van der Waals surface area contributed by atoms with Crippen LogP contribution in [0.2, 0.25) is 0 Å². The molecule has 1 aromatic carbocycles. The first-order valence-corrected chi connectivity index (χ1v) is 14.3. The lowest BCUT2D eigenvalue weighted by Gasteiger charge is -2.58. The van der Waals surface area contributed by atoms with Crippen LogP contribution in [0.5, 0.6) is 0 Å². The van der Waals surface area contributed by atoms with Crippen LogP contribution in [0.3, 0.4) is 0 Å². The molecule has 6 aliphatic rings. The average molecular weight is 532 g/mol. The van der Waals surface area contributed by atoms with E-state index in [1.807, 2.05) is 24.3 Å². The van der Waals surface area contributed by atoms with Crippen LogP contribution in [0.15, 0.2) is 60.0 Å². The standard InChI is InChI=1S/C31H37N3O5/c1-28-6-4-19-11-22-26(36)27(37)23(34-15-21(32)16-34)13-29(22)7-8-30(19,39-29)24(28)12-25(35)31(28,38)20-3-2-17-5-9-33-14-18(17)10-20/h2-5,9-11,14,21,23-27,35-38H,6-8,12-13,15-16,32H2,1H3/t23-,24+,25+,26?,27-,28-,29+,30?,31+/m0/s1. The Morgan fingerprint density at radius 3 is 2.72 bits per heavy atom. The molecule has 2 unspecified atom stereocenters. The number of rotatable bonds is 2. The van der Waals surface area contributed by atoms with E-state index in [9.17, 15) is 20.4 Å². The van der Waals surface area contributed by atoms with Gasteiger partial charge in [-0.1, -0.05) is 31.2 Å². The smallest absolute Gasteiger partial charge is 0.121 e. The molecule has 3 aliphatic heterocycles. The van der Waals surface area contributed by atoms with Gasteiger partial charge in [0.2, 0.25) is 0 Å². The Labute approximate surface area is 227 Å². The number of nitrogens with zero attached hydrogens (tertiary/aromatic N) is 2. The Kier molecular flexibility index (Phi) is 4.90. The largest absolute Gasteiger partial charge is 0.390 e. The number of aliphatic hydroxyl groups excluding tert-OH is 3. The molecule has 2 bridgehead atoms. The molecule has 9 atom stereocenters. The van der Waals surface area contributed by atoms with E-state index in [1.54, 1.807) is 12.4 Å². The van der Waals surface area contributed by atoms with Gasteiger partial charge >= 0.3 is 0 Å². The average Bonchev–Trinajstić information content (AvgIpc) is 3.34. The highest BCUT2D eigenvalue weighted by Gasteiger charge is 2.73. The maximum absolute atomic E-state index is 12.5. The van der Waals surface area contributed by atoms with Gasteiger partial charge in [0, 0.05) is 54.3 Å². The Morgan fingerprint density at radius 2 is 1.92 bits per heavy atom. The highest BCUT2D eigenvalue weighted by molar-refractivity contribution is 5.82. The molecule has 2 saturated carbocycles. The summed E-state index contributed by atoms with van der Waals surface area (Å²) in [5, 5.41) is 48.5. The van der Waals surface area contributed by atoms with Crippen LogP contribution < -0.4 is 5.73 Å². The van der Waals surface area contributed by atoms with Gasteiger partial charge in [-0.15, -0.1) is 0 Å². The van der Waals surface area contributed by atoms with Gasteiger partial charge in [-0.2, -0.15) is 0 Å². The molecule has 39 heavy (non-hydrogen) atoms. The number of aliphatic hydroxyl groups is 4. The molecule has 8 nitrogen and oxygen atoms in total. The van der Waals surface area contributed by atoms with Crippen molar-refractivity contribution in [3.63, 3.8) is 0 Å². The molecule has 206 valence electrons. The van der Waals surface area contributed by atoms with Crippen LogP contribution in [0, 0.1) is 11.3 Å². The van der Waals surface area contributed by atoms with Crippen molar-refractivity contribution in [3.8, 4) is 0 Å². The molecule has 8 rings (SSSR count). The number of hydrogen-bond donors (Lipinski definition) is 5. The minimum absolute atomic E-state index is 0.100. The van der Waals surface area contributed by atoms with E-state index in [2.05, 4.69) is 29.0 Å². The summed E-state index contributed by atoms with van der Waals surface area (Å²) >= 11 is 0. The first-order valence-electron chi connectivity index (χ1n) is 14.3. The third-order valence-electron chi connectivity index (χ3n) is 11.6. The van der Waals surface area contributed by atoms with Crippen LogP contribution in [0.4, 0.5) is 0 Å². The maximum atomic E-state index is 12.5. The van der Waals surface area contributed by atoms with Gasteiger partial charge in [0.05, 0.1) is 23.4 Å². The van der Waals surface area contributed by atoms with Gasteiger partial charge in [0.25, 0.3) is 0 Å². The number of hydrogen-bond acceptors (Lipinski definition) is 8. The zero-order valence-corrected chi connectivity index (χ0v) is 22.2. The van der Waals surface area contributed by atoms with E-state index in [0.717, 1.165) is 34.8 Å². The predicted molar refractivity (Wildman–Crippen MR) is 144 cm³/mol. The molecular formula is C31H37N3O5. The zero-order valence-electron chi connectivity index (χ0n) is 22.2. The van der Waals surface area contributed by atoms with Crippen LogP contribution in [0.25, 0.3) is 10.8 Å². The van der Waals surface area contributed by atoms with Crippen molar-refractivity contribution in [3.05, 3.63) is 65.5 Å². The lowest BCUT2D eigenvalue weighted by molar-refractivity contribution is -0.190. The summed E-state index contributed by atoms with van der Waals surface area (Å²) in [5.41, 5.74) is 5.10. The fraction of sp³-hybridized carbons (Fsp3) is 0.581. The zero-order chi connectivity index (χ0) is 26.9. The second kappa shape index (κ2) is 7.76. The molecule has 4 heterocycles. The monoisotopic (exact) mass is 531 g/mol. The van der Waals surface area contributed by atoms with Gasteiger partial charge in [0.15, 0.2) is 0 Å². The summed E-state index contributed by atoms with van der Waals surface area (Å²) < 4.78 is 7.20. The Bertz CT molecular complexity index is 1440.